The van der Waals surface area contributed by atoms with Gasteiger partial charge in [-0.25, -0.2) is 4.39 Å². The Labute approximate surface area is 173 Å². The van der Waals surface area contributed by atoms with Gasteiger partial charge in [0.25, 0.3) is 11.6 Å². The molecule has 1 aliphatic heterocycles. The summed E-state index contributed by atoms with van der Waals surface area (Å²) in [6.45, 7) is 4.64. The number of nitrogens with zero attached hydrogens (tertiary/aromatic N) is 3. The quantitative estimate of drug-likeness (QED) is 0.579. The third-order valence-electron chi connectivity index (χ3n) is 5.10. The number of hydrogen-bond acceptors (Lipinski definition) is 5. The molecule has 0 unspecified atom stereocenters. The van der Waals surface area contributed by atoms with E-state index in [2.05, 4.69) is 10.2 Å². The molecular weight excluding hydrogens is 391 g/mol. The van der Waals surface area contributed by atoms with E-state index in [1.54, 1.807) is 11.8 Å². The van der Waals surface area contributed by atoms with Crippen LogP contribution in [0.25, 0.3) is 0 Å². The number of halogens is 1. The smallest absolute Gasteiger partial charge is 0.269 e. The highest BCUT2D eigenvalue weighted by Crippen LogP contribution is 2.21. The number of benzene rings is 2. The molecule has 2 aromatic rings. The third-order valence-corrected chi connectivity index (χ3v) is 5.10. The van der Waals surface area contributed by atoms with Gasteiger partial charge in [-0.05, 0) is 42.8 Å². The lowest BCUT2D eigenvalue weighted by molar-refractivity contribution is -0.384. The molecule has 1 fully saturated rings. The number of nitro benzene ring substituents is 1. The predicted octanol–water partition coefficient (Wildman–Crippen LogP) is 2.83. The first kappa shape index (κ1) is 21.4. The number of hydrogen-bond donors (Lipinski definition) is 1. The summed E-state index contributed by atoms with van der Waals surface area (Å²) in [5.41, 5.74) is 1.63. The van der Waals surface area contributed by atoms with Gasteiger partial charge in [0.1, 0.15) is 5.82 Å². The summed E-state index contributed by atoms with van der Waals surface area (Å²) in [6.07, 6.45) is 0.280. The van der Waals surface area contributed by atoms with E-state index in [-0.39, 0.29) is 29.7 Å². The Hall–Kier alpha value is -3.33. The van der Waals surface area contributed by atoms with Gasteiger partial charge in [-0.2, -0.15) is 0 Å². The van der Waals surface area contributed by atoms with Crippen molar-refractivity contribution in [3.63, 3.8) is 0 Å². The van der Waals surface area contributed by atoms with Crippen molar-refractivity contribution >= 4 is 23.2 Å². The van der Waals surface area contributed by atoms with E-state index in [4.69, 9.17) is 0 Å². The lowest BCUT2D eigenvalue weighted by Crippen LogP contribution is -2.49. The van der Waals surface area contributed by atoms with E-state index in [9.17, 15) is 24.1 Å². The number of nitrogens with one attached hydrogen (secondary N) is 1. The van der Waals surface area contributed by atoms with Crippen LogP contribution in [-0.4, -0.2) is 59.3 Å². The maximum absolute atomic E-state index is 13.0. The Kier molecular flexibility index (Phi) is 6.73. The molecule has 0 aliphatic carbocycles. The summed E-state index contributed by atoms with van der Waals surface area (Å²) < 4.78 is 13.0. The highest BCUT2D eigenvalue weighted by Gasteiger charge is 2.22. The molecule has 0 atom stereocenters. The normalized spacial score (nSPS) is 14.4. The molecule has 0 spiro atoms. The summed E-state index contributed by atoms with van der Waals surface area (Å²) >= 11 is 0. The van der Waals surface area contributed by atoms with Gasteiger partial charge >= 0.3 is 0 Å². The lowest BCUT2D eigenvalue weighted by Gasteiger charge is -2.34. The Morgan fingerprint density at radius 1 is 1.10 bits per heavy atom. The minimum Gasteiger partial charge on any atom is -0.336 e. The van der Waals surface area contributed by atoms with E-state index in [0.717, 1.165) is 0 Å². The van der Waals surface area contributed by atoms with Crippen molar-refractivity contribution < 1.29 is 18.9 Å². The van der Waals surface area contributed by atoms with Crippen molar-refractivity contribution in [1.82, 2.24) is 9.80 Å². The van der Waals surface area contributed by atoms with Crippen LogP contribution in [0.5, 0.6) is 0 Å². The summed E-state index contributed by atoms with van der Waals surface area (Å²) in [6, 6.07) is 9.82. The molecule has 9 heteroatoms. The molecule has 1 aliphatic rings. The molecule has 158 valence electrons. The Bertz CT molecular complexity index is 941. The second-order valence-electron chi connectivity index (χ2n) is 7.20. The van der Waals surface area contributed by atoms with Crippen LogP contribution in [0.1, 0.15) is 22.3 Å². The van der Waals surface area contributed by atoms with Crippen molar-refractivity contribution in [1.29, 1.82) is 0 Å². The van der Waals surface area contributed by atoms with Crippen molar-refractivity contribution in [2.75, 3.05) is 38.0 Å². The summed E-state index contributed by atoms with van der Waals surface area (Å²) in [5, 5.41) is 13.6. The number of non-ortho nitro benzene ring substituents is 1. The number of amides is 2. The van der Waals surface area contributed by atoms with Crippen molar-refractivity contribution in [3.8, 4) is 0 Å². The summed E-state index contributed by atoms with van der Waals surface area (Å²) in [4.78, 5) is 38.9. The van der Waals surface area contributed by atoms with Gasteiger partial charge in [0.2, 0.25) is 5.91 Å². The van der Waals surface area contributed by atoms with Gasteiger partial charge in [0.15, 0.2) is 0 Å². The highest BCUT2D eigenvalue weighted by molar-refractivity contribution is 5.94. The zero-order valence-corrected chi connectivity index (χ0v) is 16.6. The SMILES string of the molecule is Cc1cc([N+](=O)[O-])ccc1NC(=O)CCN1CCN(C(=O)c2ccc(F)cc2)CC1. The van der Waals surface area contributed by atoms with Crippen LogP contribution < -0.4 is 5.32 Å². The maximum Gasteiger partial charge on any atom is 0.269 e. The number of piperazine rings is 1. The Balaban J connectivity index is 1.44. The molecule has 3 rings (SSSR count). The molecular formula is C21H23FN4O4. The fourth-order valence-corrected chi connectivity index (χ4v) is 3.32. The molecule has 2 amide bonds. The van der Waals surface area contributed by atoms with Crippen LogP contribution in [0.3, 0.4) is 0 Å². The van der Waals surface area contributed by atoms with Crippen LogP contribution in [-0.2, 0) is 4.79 Å². The minimum atomic E-state index is -0.473. The molecule has 2 aromatic carbocycles. The second kappa shape index (κ2) is 9.45. The van der Waals surface area contributed by atoms with Gasteiger partial charge in [-0.15, -0.1) is 0 Å². The molecule has 0 bridgehead atoms. The van der Waals surface area contributed by atoms with Crippen LogP contribution in [0.2, 0.25) is 0 Å². The molecule has 0 saturated carbocycles. The Morgan fingerprint density at radius 3 is 2.37 bits per heavy atom. The average molecular weight is 414 g/mol. The minimum absolute atomic E-state index is 0.0152. The zero-order valence-electron chi connectivity index (χ0n) is 16.6. The van der Waals surface area contributed by atoms with E-state index in [0.29, 0.717) is 49.5 Å². The first-order chi connectivity index (χ1) is 14.3. The number of carbonyl (C=O) groups excluding carboxylic acids is 2. The van der Waals surface area contributed by atoms with Crippen LogP contribution in [0.4, 0.5) is 15.8 Å². The maximum atomic E-state index is 13.0. The molecule has 8 nitrogen and oxygen atoms in total. The highest BCUT2D eigenvalue weighted by atomic mass is 19.1. The molecule has 0 radical (unpaired) electrons. The summed E-state index contributed by atoms with van der Waals surface area (Å²) in [7, 11) is 0. The van der Waals surface area contributed by atoms with Crippen molar-refractivity contribution in [3.05, 3.63) is 69.5 Å². The number of anilines is 1. The number of aryl methyl sites for hydroxylation is 1. The van der Waals surface area contributed by atoms with E-state index in [1.165, 1.54) is 42.5 Å². The average Bonchev–Trinajstić information content (AvgIpc) is 2.74. The van der Waals surface area contributed by atoms with Gasteiger partial charge < -0.3 is 10.2 Å². The first-order valence-electron chi connectivity index (χ1n) is 9.65. The third kappa shape index (κ3) is 5.38. The van der Waals surface area contributed by atoms with Crippen LogP contribution in [0, 0.1) is 22.9 Å². The number of nitro groups is 1. The predicted molar refractivity (Wildman–Crippen MR) is 110 cm³/mol. The fraction of sp³-hybridized carbons (Fsp3) is 0.333. The van der Waals surface area contributed by atoms with E-state index >= 15 is 0 Å². The molecule has 1 heterocycles. The van der Waals surface area contributed by atoms with Crippen LogP contribution in [0.15, 0.2) is 42.5 Å². The fourth-order valence-electron chi connectivity index (χ4n) is 3.32. The summed E-state index contributed by atoms with van der Waals surface area (Å²) in [5.74, 6) is -0.670. The standard InChI is InChI=1S/C21H23FN4O4/c1-15-14-18(26(29)30)6-7-19(15)23-20(27)8-9-24-10-12-25(13-11-24)21(28)16-2-4-17(22)5-3-16/h2-7,14H,8-13H2,1H3,(H,23,27). The Morgan fingerprint density at radius 2 is 1.77 bits per heavy atom. The van der Waals surface area contributed by atoms with Gasteiger partial charge in [-0.3, -0.25) is 24.6 Å². The number of rotatable bonds is 6. The molecule has 0 aromatic heterocycles. The van der Waals surface area contributed by atoms with Crippen molar-refractivity contribution in [2.24, 2.45) is 0 Å². The molecule has 30 heavy (non-hydrogen) atoms. The second-order valence-corrected chi connectivity index (χ2v) is 7.20. The number of carbonyl (C=O) groups is 2. The monoisotopic (exact) mass is 414 g/mol. The molecule has 1 N–H and O–H groups in total. The van der Waals surface area contributed by atoms with Crippen molar-refractivity contribution in [2.45, 2.75) is 13.3 Å². The van der Waals surface area contributed by atoms with Gasteiger partial charge in [0.05, 0.1) is 4.92 Å². The van der Waals surface area contributed by atoms with E-state index in [1.807, 2.05) is 0 Å². The zero-order chi connectivity index (χ0) is 21.7. The van der Waals surface area contributed by atoms with E-state index < -0.39 is 4.92 Å². The largest absolute Gasteiger partial charge is 0.336 e. The van der Waals surface area contributed by atoms with Crippen LogP contribution >= 0.6 is 0 Å². The molecule has 1 saturated heterocycles. The lowest BCUT2D eigenvalue weighted by atomic mass is 10.1. The van der Waals surface area contributed by atoms with Gasteiger partial charge in [-0.1, -0.05) is 0 Å². The first-order valence-corrected chi connectivity index (χ1v) is 9.65. The van der Waals surface area contributed by atoms with Gasteiger partial charge in [0, 0.05) is 62.5 Å². The topological polar surface area (TPSA) is 95.8 Å².